The van der Waals surface area contributed by atoms with Gasteiger partial charge in [-0.1, -0.05) is 47.5 Å². The molecule has 124 valence electrons. The topological polar surface area (TPSA) is 29.3 Å². The quantitative estimate of drug-likeness (QED) is 0.812. The van der Waals surface area contributed by atoms with E-state index in [1.807, 2.05) is 0 Å². The van der Waals surface area contributed by atoms with Crippen molar-refractivity contribution in [2.45, 2.75) is 91.1 Å². The molecule has 2 unspecified atom stereocenters. The molecule has 2 saturated carbocycles. The van der Waals surface area contributed by atoms with Gasteiger partial charge in [0.1, 0.15) is 0 Å². The molecule has 2 fully saturated rings. The van der Waals surface area contributed by atoms with Gasteiger partial charge in [0.25, 0.3) is 0 Å². The van der Waals surface area contributed by atoms with E-state index in [0.717, 1.165) is 24.4 Å². The molecule has 2 rings (SSSR count). The van der Waals surface area contributed by atoms with Crippen molar-refractivity contribution >= 4 is 0 Å². The van der Waals surface area contributed by atoms with Crippen LogP contribution in [0.4, 0.5) is 0 Å². The van der Waals surface area contributed by atoms with E-state index in [4.69, 9.17) is 5.73 Å². The van der Waals surface area contributed by atoms with E-state index in [2.05, 4.69) is 39.5 Å². The molecule has 0 amide bonds. The van der Waals surface area contributed by atoms with Gasteiger partial charge in [0, 0.05) is 24.7 Å². The minimum Gasteiger partial charge on any atom is -0.329 e. The first-order valence-electron chi connectivity index (χ1n) is 9.25. The van der Waals surface area contributed by atoms with E-state index >= 15 is 0 Å². The third-order valence-electron chi connectivity index (χ3n) is 5.75. The minimum absolute atomic E-state index is 0.250. The van der Waals surface area contributed by atoms with E-state index in [9.17, 15) is 0 Å². The Labute approximate surface area is 132 Å². The molecule has 0 saturated heterocycles. The Morgan fingerprint density at radius 3 is 2.24 bits per heavy atom. The fourth-order valence-electron chi connectivity index (χ4n) is 5.53. The highest BCUT2D eigenvalue weighted by molar-refractivity contribution is 5.03. The summed E-state index contributed by atoms with van der Waals surface area (Å²) < 4.78 is 0. The molecule has 0 bridgehead atoms. The summed E-state index contributed by atoms with van der Waals surface area (Å²) in [6.45, 7) is 14.1. The van der Waals surface area contributed by atoms with Crippen molar-refractivity contribution in [2.24, 2.45) is 23.0 Å². The van der Waals surface area contributed by atoms with Gasteiger partial charge < -0.3 is 5.73 Å². The molecular formula is C19H38N2. The van der Waals surface area contributed by atoms with Crippen LogP contribution in [0.3, 0.4) is 0 Å². The van der Waals surface area contributed by atoms with E-state index in [0.29, 0.717) is 5.41 Å². The second-order valence-corrected chi connectivity index (χ2v) is 9.27. The average Bonchev–Trinajstić information content (AvgIpc) is 2.86. The first-order valence-corrected chi connectivity index (χ1v) is 9.25. The molecule has 2 aliphatic rings. The summed E-state index contributed by atoms with van der Waals surface area (Å²) in [5, 5.41) is 0. The van der Waals surface area contributed by atoms with Crippen molar-refractivity contribution in [1.82, 2.24) is 4.90 Å². The number of hydrogen-bond acceptors (Lipinski definition) is 2. The predicted molar refractivity (Wildman–Crippen MR) is 92.4 cm³/mol. The predicted octanol–water partition coefficient (Wildman–Crippen LogP) is 4.43. The molecule has 0 aliphatic heterocycles. The second-order valence-electron chi connectivity index (χ2n) is 9.27. The van der Waals surface area contributed by atoms with Crippen LogP contribution >= 0.6 is 0 Å². The molecule has 2 nitrogen and oxygen atoms in total. The van der Waals surface area contributed by atoms with Crippen molar-refractivity contribution in [1.29, 1.82) is 0 Å². The van der Waals surface area contributed by atoms with Gasteiger partial charge >= 0.3 is 0 Å². The summed E-state index contributed by atoms with van der Waals surface area (Å²) in [7, 11) is 0. The Bertz CT molecular complexity index is 330. The van der Waals surface area contributed by atoms with E-state index in [1.54, 1.807) is 0 Å². The van der Waals surface area contributed by atoms with Crippen LogP contribution in [-0.4, -0.2) is 29.6 Å². The number of hydrogen-bond donors (Lipinski definition) is 1. The lowest BCUT2D eigenvalue weighted by molar-refractivity contribution is -0.0411. The Kier molecular flexibility index (Phi) is 5.41. The number of nitrogens with zero attached hydrogens (tertiary/aromatic N) is 1. The monoisotopic (exact) mass is 294 g/mol. The molecule has 0 aromatic heterocycles. The zero-order chi connectivity index (χ0) is 15.7. The lowest BCUT2D eigenvalue weighted by Gasteiger charge is -2.55. The van der Waals surface area contributed by atoms with Gasteiger partial charge in [0.15, 0.2) is 0 Å². The highest BCUT2D eigenvalue weighted by Crippen LogP contribution is 2.48. The molecule has 2 atom stereocenters. The smallest absolute Gasteiger partial charge is 0.0342 e. The Morgan fingerprint density at radius 1 is 1.14 bits per heavy atom. The number of rotatable bonds is 5. The summed E-state index contributed by atoms with van der Waals surface area (Å²) >= 11 is 0. The molecule has 2 N–H and O–H groups in total. The van der Waals surface area contributed by atoms with Gasteiger partial charge in [-0.05, 0) is 49.4 Å². The Morgan fingerprint density at radius 2 is 1.76 bits per heavy atom. The molecule has 0 aromatic carbocycles. The Hall–Kier alpha value is -0.0800. The van der Waals surface area contributed by atoms with Crippen molar-refractivity contribution in [2.75, 3.05) is 13.1 Å². The largest absolute Gasteiger partial charge is 0.329 e. The van der Waals surface area contributed by atoms with Crippen molar-refractivity contribution in [3.8, 4) is 0 Å². The standard InChI is InChI=1S/C19H38N2/c1-15(2)12-21(17-8-6-7-9-17)19(14-20)11-16(3)10-18(4,5)13-19/h15-17H,6-14,20H2,1-5H3. The molecule has 0 aromatic rings. The maximum atomic E-state index is 6.42. The van der Waals surface area contributed by atoms with Gasteiger partial charge in [-0.2, -0.15) is 0 Å². The van der Waals surface area contributed by atoms with Crippen molar-refractivity contribution in [3.63, 3.8) is 0 Å². The molecule has 0 radical (unpaired) electrons. The van der Waals surface area contributed by atoms with Gasteiger partial charge in [-0.15, -0.1) is 0 Å². The van der Waals surface area contributed by atoms with Crippen LogP contribution in [0.2, 0.25) is 0 Å². The van der Waals surface area contributed by atoms with Crippen LogP contribution in [0, 0.1) is 17.3 Å². The van der Waals surface area contributed by atoms with Crippen LogP contribution in [0.1, 0.15) is 79.6 Å². The van der Waals surface area contributed by atoms with Crippen molar-refractivity contribution in [3.05, 3.63) is 0 Å². The molecular weight excluding hydrogens is 256 g/mol. The zero-order valence-corrected chi connectivity index (χ0v) is 15.1. The first kappa shape index (κ1) is 17.3. The van der Waals surface area contributed by atoms with Crippen molar-refractivity contribution < 1.29 is 0 Å². The molecule has 0 heterocycles. The fraction of sp³-hybridized carbons (Fsp3) is 1.00. The third-order valence-corrected chi connectivity index (χ3v) is 5.75. The molecule has 2 aliphatic carbocycles. The van der Waals surface area contributed by atoms with E-state index in [-0.39, 0.29) is 5.54 Å². The van der Waals surface area contributed by atoms with E-state index in [1.165, 1.54) is 51.5 Å². The lowest BCUT2D eigenvalue weighted by Crippen LogP contribution is -2.62. The first-order chi connectivity index (χ1) is 9.78. The highest BCUT2D eigenvalue weighted by Gasteiger charge is 2.47. The second kappa shape index (κ2) is 6.58. The Balaban J connectivity index is 2.28. The molecule has 2 heteroatoms. The highest BCUT2D eigenvalue weighted by atomic mass is 15.2. The summed E-state index contributed by atoms with van der Waals surface area (Å²) in [6, 6.07) is 0.789. The maximum absolute atomic E-state index is 6.42. The maximum Gasteiger partial charge on any atom is 0.0342 e. The van der Waals surface area contributed by atoms with Gasteiger partial charge in [0.05, 0.1) is 0 Å². The van der Waals surface area contributed by atoms with Gasteiger partial charge in [0.2, 0.25) is 0 Å². The third kappa shape index (κ3) is 4.01. The molecule has 21 heavy (non-hydrogen) atoms. The summed E-state index contributed by atoms with van der Waals surface area (Å²) in [6.07, 6.45) is 9.55. The zero-order valence-electron chi connectivity index (χ0n) is 15.1. The summed E-state index contributed by atoms with van der Waals surface area (Å²) in [5.41, 5.74) is 7.11. The van der Waals surface area contributed by atoms with Crippen LogP contribution in [0.5, 0.6) is 0 Å². The van der Waals surface area contributed by atoms with Crippen LogP contribution in [-0.2, 0) is 0 Å². The van der Waals surface area contributed by atoms with E-state index < -0.39 is 0 Å². The van der Waals surface area contributed by atoms with Gasteiger partial charge in [-0.25, -0.2) is 0 Å². The van der Waals surface area contributed by atoms with Gasteiger partial charge in [-0.3, -0.25) is 4.90 Å². The van der Waals surface area contributed by atoms with Crippen LogP contribution < -0.4 is 5.73 Å². The number of nitrogens with two attached hydrogens (primary N) is 1. The minimum atomic E-state index is 0.250. The lowest BCUT2D eigenvalue weighted by atomic mass is 9.63. The fourth-order valence-corrected chi connectivity index (χ4v) is 5.53. The molecule has 0 spiro atoms. The average molecular weight is 295 g/mol. The summed E-state index contributed by atoms with van der Waals surface area (Å²) in [4.78, 5) is 2.88. The summed E-state index contributed by atoms with van der Waals surface area (Å²) in [5.74, 6) is 1.53. The van der Waals surface area contributed by atoms with Crippen LogP contribution in [0.15, 0.2) is 0 Å². The van der Waals surface area contributed by atoms with Crippen LogP contribution in [0.25, 0.3) is 0 Å². The SMILES string of the molecule is CC(C)CN(C1CCCC1)C1(CN)CC(C)CC(C)(C)C1. The normalized spacial score (nSPS) is 34.0.